The molecule has 0 aliphatic heterocycles. The first-order valence-corrected chi connectivity index (χ1v) is 11.1. The number of rotatable bonds is 6. The van der Waals surface area contributed by atoms with E-state index in [9.17, 15) is 0 Å². The largest absolute Gasteiger partial charge is 0.496 e. The number of aryl methyl sites for hydroxylation is 2. The first-order valence-electron chi connectivity index (χ1n) is 10.7. The van der Waals surface area contributed by atoms with Crippen LogP contribution in [-0.4, -0.2) is 33.3 Å². The number of imidazole rings is 1. The summed E-state index contributed by atoms with van der Waals surface area (Å²) in [6, 6.07) is 11.9. The number of pyridine rings is 1. The lowest BCUT2D eigenvalue weighted by atomic mass is 10.0. The minimum Gasteiger partial charge on any atom is -0.496 e. The Morgan fingerprint density at radius 2 is 1.91 bits per heavy atom. The zero-order chi connectivity index (χ0) is 23.1. The highest BCUT2D eigenvalue weighted by molar-refractivity contribution is 6.30. The molecule has 3 aromatic heterocycles. The molecule has 2 N–H and O–H groups in total. The SMILES string of the molecule is COc1cc2c(cc1-c1c(C)noc1C)ncc1nc(CCN)n(Cc3ccc(Cl)cc3)c12. The Morgan fingerprint density at radius 1 is 1.12 bits per heavy atom. The Hall–Kier alpha value is -3.42. The highest BCUT2D eigenvalue weighted by atomic mass is 35.5. The fraction of sp³-hybridized carbons (Fsp3) is 0.240. The van der Waals surface area contributed by atoms with Crippen molar-refractivity contribution < 1.29 is 9.26 Å². The second kappa shape index (κ2) is 8.50. The minimum atomic E-state index is 0.509. The van der Waals surface area contributed by atoms with Crippen molar-refractivity contribution in [2.45, 2.75) is 26.8 Å². The van der Waals surface area contributed by atoms with E-state index in [0.29, 0.717) is 24.5 Å². The Labute approximate surface area is 196 Å². The lowest BCUT2D eigenvalue weighted by molar-refractivity contribution is 0.393. The van der Waals surface area contributed by atoms with Crippen LogP contribution in [0.2, 0.25) is 5.02 Å². The van der Waals surface area contributed by atoms with Gasteiger partial charge in [0, 0.05) is 28.9 Å². The molecule has 0 aliphatic rings. The maximum absolute atomic E-state index is 6.09. The van der Waals surface area contributed by atoms with Crippen molar-refractivity contribution in [2.24, 2.45) is 5.73 Å². The molecule has 3 heterocycles. The average molecular weight is 462 g/mol. The molecule has 0 fully saturated rings. The number of nitrogens with zero attached hydrogens (tertiary/aromatic N) is 4. The zero-order valence-electron chi connectivity index (χ0n) is 18.7. The van der Waals surface area contributed by atoms with Crippen LogP contribution in [0.15, 0.2) is 47.1 Å². The molecule has 0 bridgehead atoms. The molecule has 33 heavy (non-hydrogen) atoms. The van der Waals surface area contributed by atoms with Crippen LogP contribution >= 0.6 is 11.6 Å². The van der Waals surface area contributed by atoms with Gasteiger partial charge < -0.3 is 19.6 Å². The van der Waals surface area contributed by atoms with E-state index in [1.807, 2.05) is 56.4 Å². The summed E-state index contributed by atoms with van der Waals surface area (Å²) in [5, 5.41) is 5.78. The van der Waals surface area contributed by atoms with Gasteiger partial charge in [-0.15, -0.1) is 0 Å². The highest BCUT2D eigenvalue weighted by Gasteiger charge is 2.20. The third kappa shape index (κ3) is 3.73. The molecule has 5 aromatic rings. The number of aromatic nitrogens is 4. The quantitative estimate of drug-likeness (QED) is 0.379. The van der Waals surface area contributed by atoms with Crippen molar-refractivity contribution >= 4 is 33.5 Å². The van der Waals surface area contributed by atoms with E-state index in [1.165, 1.54) is 0 Å². The Balaban J connectivity index is 1.76. The fourth-order valence-corrected chi connectivity index (χ4v) is 4.51. The van der Waals surface area contributed by atoms with E-state index in [0.717, 1.165) is 61.7 Å². The zero-order valence-corrected chi connectivity index (χ0v) is 19.5. The lowest BCUT2D eigenvalue weighted by Crippen LogP contribution is -2.11. The molecule has 0 saturated heterocycles. The van der Waals surface area contributed by atoms with E-state index in [1.54, 1.807) is 7.11 Å². The molecule has 0 radical (unpaired) electrons. The van der Waals surface area contributed by atoms with Crippen LogP contribution in [-0.2, 0) is 13.0 Å². The van der Waals surface area contributed by atoms with Crippen LogP contribution in [0.25, 0.3) is 33.1 Å². The third-order valence-corrected chi connectivity index (χ3v) is 6.15. The Kier molecular flexibility index (Phi) is 5.52. The van der Waals surface area contributed by atoms with Gasteiger partial charge in [0.15, 0.2) is 0 Å². The van der Waals surface area contributed by atoms with Gasteiger partial charge in [-0.2, -0.15) is 0 Å². The monoisotopic (exact) mass is 461 g/mol. The number of hydrogen-bond acceptors (Lipinski definition) is 6. The van der Waals surface area contributed by atoms with Crippen molar-refractivity contribution in [3.05, 3.63) is 70.5 Å². The van der Waals surface area contributed by atoms with Crippen LogP contribution in [0.3, 0.4) is 0 Å². The third-order valence-electron chi connectivity index (χ3n) is 5.90. The molecular formula is C25H24ClN5O2. The number of methoxy groups -OCH3 is 1. The van der Waals surface area contributed by atoms with E-state index >= 15 is 0 Å². The average Bonchev–Trinajstić information content (AvgIpc) is 3.33. The molecule has 2 aromatic carbocycles. The number of nitrogens with two attached hydrogens (primary N) is 1. The topological polar surface area (TPSA) is 92.0 Å². The van der Waals surface area contributed by atoms with Gasteiger partial charge in [0.25, 0.3) is 0 Å². The number of halogens is 1. The summed E-state index contributed by atoms with van der Waals surface area (Å²) in [6.07, 6.45) is 2.48. The van der Waals surface area contributed by atoms with Gasteiger partial charge in [-0.05, 0) is 50.2 Å². The number of fused-ring (bicyclic) bond motifs is 3. The standard InChI is InChI=1S/C25H24ClN5O2/c1-14-24(15(2)33-30-14)19-10-20-18(11-22(19)32-3)25-21(12-28-20)29-23(8-9-27)31(25)13-16-4-6-17(26)7-5-16/h4-7,10-12H,8-9,13,27H2,1-3H3. The predicted octanol–water partition coefficient (Wildman–Crippen LogP) is 5.07. The molecule has 0 spiro atoms. The van der Waals surface area contributed by atoms with E-state index in [-0.39, 0.29) is 0 Å². The molecule has 0 saturated carbocycles. The summed E-state index contributed by atoms with van der Waals surface area (Å²) in [5.41, 5.74) is 12.3. The van der Waals surface area contributed by atoms with Crippen LogP contribution in [0.1, 0.15) is 22.8 Å². The summed E-state index contributed by atoms with van der Waals surface area (Å²) in [5.74, 6) is 2.39. The van der Waals surface area contributed by atoms with Gasteiger partial charge >= 0.3 is 0 Å². The van der Waals surface area contributed by atoms with E-state index < -0.39 is 0 Å². The number of ether oxygens (including phenoxy) is 1. The Bertz CT molecular complexity index is 1450. The van der Waals surface area contributed by atoms with Crippen LogP contribution < -0.4 is 10.5 Å². The lowest BCUT2D eigenvalue weighted by Gasteiger charge is -2.13. The molecule has 168 valence electrons. The number of hydrogen-bond donors (Lipinski definition) is 1. The van der Waals surface area contributed by atoms with E-state index in [4.69, 9.17) is 36.6 Å². The van der Waals surface area contributed by atoms with Gasteiger partial charge in [-0.25, -0.2) is 4.98 Å². The van der Waals surface area contributed by atoms with E-state index in [2.05, 4.69) is 9.72 Å². The summed E-state index contributed by atoms with van der Waals surface area (Å²) in [7, 11) is 1.67. The summed E-state index contributed by atoms with van der Waals surface area (Å²) < 4.78 is 13.4. The van der Waals surface area contributed by atoms with Crippen molar-refractivity contribution in [1.82, 2.24) is 19.7 Å². The normalized spacial score (nSPS) is 11.5. The second-order valence-corrected chi connectivity index (χ2v) is 8.48. The van der Waals surface area contributed by atoms with Gasteiger partial charge in [0.05, 0.1) is 35.6 Å². The predicted molar refractivity (Wildman–Crippen MR) is 130 cm³/mol. The second-order valence-electron chi connectivity index (χ2n) is 8.04. The maximum Gasteiger partial charge on any atom is 0.141 e. The Morgan fingerprint density at radius 3 is 2.58 bits per heavy atom. The van der Waals surface area contributed by atoms with Crippen LogP contribution in [0, 0.1) is 13.8 Å². The van der Waals surface area contributed by atoms with Gasteiger partial charge in [-0.3, -0.25) is 4.98 Å². The molecule has 8 heteroatoms. The van der Waals surface area contributed by atoms with Crippen molar-refractivity contribution in [3.63, 3.8) is 0 Å². The number of benzene rings is 2. The first-order chi connectivity index (χ1) is 16.0. The highest BCUT2D eigenvalue weighted by Crippen LogP contribution is 2.39. The minimum absolute atomic E-state index is 0.509. The molecule has 0 amide bonds. The molecular weight excluding hydrogens is 438 g/mol. The summed E-state index contributed by atoms with van der Waals surface area (Å²) in [4.78, 5) is 9.57. The van der Waals surface area contributed by atoms with Gasteiger partial charge in [0.2, 0.25) is 0 Å². The molecule has 0 atom stereocenters. The van der Waals surface area contributed by atoms with Crippen molar-refractivity contribution in [3.8, 4) is 16.9 Å². The smallest absolute Gasteiger partial charge is 0.141 e. The fourth-order valence-electron chi connectivity index (χ4n) is 4.38. The van der Waals surface area contributed by atoms with Gasteiger partial charge in [0.1, 0.15) is 22.9 Å². The summed E-state index contributed by atoms with van der Waals surface area (Å²) in [6.45, 7) is 4.98. The van der Waals surface area contributed by atoms with Crippen molar-refractivity contribution in [1.29, 1.82) is 0 Å². The van der Waals surface area contributed by atoms with Crippen LogP contribution in [0.5, 0.6) is 5.75 Å². The molecule has 0 unspecified atom stereocenters. The van der Waals surface area contributed by atoms with Crippen molar-refractivity contribution in [2.75, 3.05) is 13.7 Å². The van der Waals surface area contributed by atoms with Crippen LogP contribution in [0.4, 0.5) is 0 Å². The first kappa shape index (κ1) is 21.4. The molecule has 5 rings (SSSR count). The molecule has 0 aliphatic carbocycles. The summed E-state index contributed by atoms with van der Waals surface area (Å²) >= 11 is 6.09. The maximum atomic E-state index is 6.09. The molecule has 7 nitrogen and oxygen atoms in total. The van der Waals surface area contributed by atoms with Gasteiger partial charge in [-0.1, -0.05) is 28.9 Å².